The second kappa shape index (κ2) is 6.27. The SMILES string of the molecule is CC(C)(C)NC(=O)c1cnc(Nc2ccc(F)c(Cl)c2)nc1. The first-order chi connectivity index (χ1) is 10.2. The van der Waals surface area contributed by atoms with E-state index in [4.69, 9.17) is 11.6 Å². The average Bonchev–Trinajstić information content (AvgIpc) is 2.42. The lowest BCUT2D eigenvalue weighted by Crippen LogP contribution is -2.40. The van der Waals surface area contributed by atoms with E-state index in [9.17, 15) is 9.18 Å². The second-order valence-electron chi connectivity index (χ2n) is 5.75. The summed E-state index contributed by atoms with van der Waals surface area (Å²) >= 11 is 5.70. The van der Waals surface area contributed by atoms with Gasteiger partial charge in [-0.05, 0) is 39.0 Å². The van der Waals surface area contributed by atoms with Crippen molar-refractivity contribution in [1.29, 1.82) is 0 Å². The van der Waals surface area contributed by atoms with E-state index < -0.39 is 5.82 Å². The Kier molecular flexibility index (Phi) is 4.61. The number of hydrogen-bond donors (Lipinski definition) is 2. The Morgan fingerprint density at radius 1 is 1.23 bits per heavy atom. The summed E-state index contributed by atoms with van der Waals surface area (Å²) in [5.41, 5.74) is 0.578. The highest BCUT2D eigenvalue weighted by Crippen LogP contribution is 2.21. The molecule has 0 saturated carbocycles. The molecule has 1 heterocycles. The molecule has 0 saturated heterocycles. The standard InChI is InChI=1S/C15H16ClFN4O/c1-15(2,3)21-13(22)9-7-18-14(19-8-9)20-10-4-5-12(17)11(16)6-10/h4-8H,1-3H3,(H,21,22)(H,18,19,20). The van der Waals surface area contributed by atoms with Crippen molar-refractivity contribution in [2.45, 2.75) is 26.3 Å². The molecule has 0 unspecified atom stereocenters. The van der Waals surface area contributed by atoms with Crippen molar-refractivity contribution in [2.75, 3.05) is 5.32 Å². The van der Waals surface area contributed by atoms with Gasteiger partial charge in [-0.15, -0.1) is 0 Å². The van der Waals surface area contributed by atoms with E-state index in [1.807, 2.05) is 20.8 Å². The highest BCUT2D eigenvalue weighted by atomic mass is 35.5. The lowest BCUT2D eigenvalue weighted by molar-refractivity contribution is 0.0919. The zero-order valence-electron chi connectivity index (χ0n) is 12.4. The smallest absolute Gasteiger partial charge is 0.254 e. The molecule has 1 aromatic carbocycles. The predicted octanol–water partition coefficient (Wildman–Crippen LogP) is 3.54. The molecule has 0 fully saturated rings. The van der Waals surface area contributed by atoms with Crippen LogP contribution in [0.15, 0.2) is 30.6 Å². The molecular weight excluding hydrogens is 307 g/mol. The number of aromatic nitrogens is 2. The van der Waals surface area contributed by atoms with Crippen molar-refractivity contribution >= 4 is 29.1 Å². The summed E-state index contributed by atoms with van der Waals surface area (Å²) in [5, 5.41) is 5.71. The molecule has 1 amide bonds. The number of carbonyl (C=O) groups is 1. The highest BCUT2D eigenvalue weighted by Gasteiger charge is 2.15. The van der Waals surface area contributed by atoms with Gasteiger partial charge in [0.05, 0.1) is 10.6 Å². The third-order valence-corrected chi connectivity index (χ3v) is 2.87. The van der Waals surface area contributed by atoms with E-state index >= 15 is 0 Å². The molecule has 0 radical (unpaired) electrons. The van der Waals surface area contributed by atoms with Gasteiger partial charge in [0.25, 0.3) is 5.91 Å². The van der Waals surface area contributed by atoms with Crippen molar-refractivity contribution in [1.82, 2.24) is 15.3 Å². The van der Waals surface area contributed by atoms with Crippen LogP contribution in [0.3, 0.4) is 0 Å². The number of halogens is 2. The van der Waals surface area contributed by atoms with Gasteiger partial charge in [0.15, 0.2) is 0 Å². The monoisotopic (exact) mass is 322 g/mol. The second-order valence-corrected chi connectivity index (χ2v) is 6.16. The number of carbonyl (C=O) groups excluding carboxylic acids is 1. The van der Waals surface area contributed by atoms with Crippen LogP contribution in [0.2, 0.25) is 5.02 Å². The minimum atomic E-state index is -0.498. The molecule has 2 rings (SSSR count). The number of rotatable bonds is 3. The summed E-state index contributed by atoms with van der Waals surface area (Å²) in [6, 6.07) is 4.20. The van der Waals surface area contributed by atoms with Gasteiger partial charge in [-0.1, -0.05) is 11.6 Å². The van der Waals surface area contributed by atoms with E-state index in [2.05, 4.69) is 20.6 Å². The van der Waals surface area contributed by atoms with Crippen molar-refractivity contribution < 1.29 is 9.18 Å². The maximum absolute atomic E-state index is 13.1. The quantitative estimate of drug-likeness (QED) is 0.907. The lowest BCUT2D eigenvalue weighted by atomic mass is 10.1. The molecule has 1 aromatic heterocycles. The van der Waals surface area contributed by atoms with Gasteiger partial charge in [0.1, 0.15) is 5.82 Å². The first-order valence-corrected chi connectivity index (χ1v) is 6.99. The van der Waals surface area contributed by atoms with Crippen molar-refractivity contribution in [2.24, 2.45) is 0 Å². The lowest BCUT2D eigenvalue weighted by Gasteiger charge is -2.20. The maximum atomic E-state index is 13.1. The number of anilines is 2. The Morgan fingerprint density at radius 3 is 2.41 bits per heavy atom. The van der Waals surface area contributed by atoms with Crippen LogP contribution in [-0.2, 0) is 0 Å². The van der Waals surface area contributed by atoms with E-state index in [0.29, 0.717) is 11.3 Å². The molecule has 2 aromatic rings. The summed E-state index contributed by atoms with van der Waals surface area (Å²) in [7, 11) is 0. The Hall–Kier alpha value is -2.21. The van der Waals surface area contributed by atoms with Crippen LogP contribution in [0.5, 0.6) is 0 Å². The fraction of sp³-hybridized carbons (Fsp3) is 0.267. The van der Waals surface area contributed by atoms with Gasteiger partial charge in [-0.3, -0.25) is 4.79 Å². The Morgan fingerprint density at radius 2 is 1.86 bits per heavy atom. The third kappa shape index (κ3) is 4.39. The molecule has 0 atom stereocenters. The summed E-state index contributed by atoms with van der Waals surface area (Å²) in [5.74, 6) is -0.457. The third-order valence-electron chi connectivity index (χ3n) is 2.58. The molecular formula is C15H16ClFN4O. The molecule has 116 valence electrons. The minimum absolute atomic E-state index is 0.00572. The normalized spacial score (nSPS) is 11.1. The molecule has 0 aliphatic carbocycles. The number of amides is 1. The first kappa shape index (κ1) is 16.2. The fourth-order valence-electron chi connectivity index (χ4n) is 1.63. The average molecular weight is 323 g/mol. The van der Waals surface area contributed by atoms with Crippen LogP contribution < -0.4 is 10.6 Å². The van der Waals surface area contributed by atoms with E-state index in [-0.39, 0.29) is 22.4 Å². The number of benzene rings is 1. The minimum Gasteiger partial charge on any atom is -0.347 e. The van der Waals surface area contributed by atoms with Crippen LogP contribution in [-0.4, -0.2) is 21.4 Å². The summed E-state index contributed by atoms with van der Waals surface area (Å²) in [4.78, 5) is 20.1. The Balaban J connectivity index is 2.08. The van der Waals surface area contributed by atoms with Crippen molar-refractivity contribution in [3.63, 3.8) is 0 Å². The number of nitrogens with zero attached hydrogens (tertiary/aromatic N) is 2. The summed E-state index contributed by atoms with van der Waals surface area (Å²) in [6.45, 7) is 5.67. The van der Waals surface area contributed by atoms with E-state index in [1.165, 1.54) is 30.6 Å². The predicted molar refractivity (Wildman–Crippen MR) is 83.9 cm³/mol. The molecule has 0 spiro atoms. The van der Waals surface area contributed by atoms with Gasteiger partial charge in [-0.25, -0.2) is 14.4 Å². The Labute approximate surface area is 132 Å². The van der Waals surface area contributed by atoms with Gasteiger partial charge in [-0.2, -0.15) is 0 Å². The number of hydrogen-bond acceptors (Lipinski definition) is 4. The maximum Gasteiger partial charge on any atom is 0.254 e. The first-order valence-electron chi connectivity index (χ1n) is 6.61. The zero-order chi connectivity index (χ0) is 16.3. The van der Waals surface area contributed by atoms with Crippen LogP contribution in [0.25, 0.3) is 0 Å². The van der Waals surface area contributed by atoms with Crippen LogP contribution in [0.1, 0.15) is 31.1 Å². The van der Waals surface area contributed by atoms with Crippen LogP contribution >= 0.6 is 11.6 Å². The van der Waals surface area contributed by atoms with E-state index in [0.717, 1.165) is 0 Å². The van der Waals surface area contributed by atoms with Gasteiger partial charge >= 0.3 is 0 Å². The van der Waals surface area contributed by atoms with Gasteiger partial charge in [0.2, 0.25) is 5.95 Å². The topological polar surface area (TPSA) is 66.9 Å². The zero-order valence-corrected chi connectivity index (χ0v) is 13.2. The fourth-order valence-corrected chi connectivity index (χ4v) is 1.81. The molecule has 22 heavy (non-hydrogen) atoms. The molecule has 0 aliphatic rings. The van der Waals surface area contributed by atoms with E-state index in [1.54, 1.807) is 0 Å². The van der Waals surface area contributed by atoms with Crippen LogP contribution in [0.4, 0.5) is 16.0 Å². The Bertz CT molecular complexity index is 683. The largest absolute Gasteiger partial charge is 0.347 e. The number of nitrogens with one attached hydrogen (secondary N) is 2. The van der Waals surface area contributed by atoms with Crippen LogP contribution in [0, 0.1) is 5.82 Å². The molecule has 5 nitrogen and oxygen atoms in total. The highest BCUT2D eigenvalue weighted by molar-refractivity contribution is 6.31. The van der Waals surface area contributed by atoms with Gasteiger partial charge < -0.3 is 10.6 Å². The molecule has 0 bridgehead atoms. The molecule has 2 N–H and O–H groups in total. The summed E-state index contributed by atoms with van der Waals surface area (Å²) < 4.78 is 13.1. The molecule has 7 heteroatoms. The van der Waals surface area contributed by atoms with Gasteiger partial charge in [0, 0.05) is 23.6 Å². The summed E-state index contributed by atoms with van der Waals surface area (Å²) in [6.07, 6.45) is 2.84. The van der Waals surface area contributed by atoms with Crippen molar-refractivity contribution in [3.05, 3.63) is 47.0 Å². The molecule has 0 aliphatic heterocycles. The van der Waals surface area contributed by atoms with Crippen molar-refractivity contribution in [3.8, 4) is 0 Å².